The Morgan fingerprint density at radius 1 is 0.278 bits per heavy atom. The third kappa shape index (κ3) is 10.7. The van der Waals surface area contributed by atoms with E-state index in [0.29, 0.717) is 5.92 Å². The van der Waals surface area contributed by atoms with Crippen LogP contribution in [0.1, 0.15) is 64.3 Å². The van der Waals surface area contributed by atoms with Crippen LogP contribution in [0.25, 0.3) is 133 Å². The van der Waals surface area contributed by atoms with Crippen molar-refractivity contribution in [3.8, 4) is 45.0 Å². The smallest absolute Gasteiger partial charge is 0.216 e. The van der Waals surface area contributed by atoms with Crippen molar-refractivity contribution < 1.29 is 35.9 Å². The van der Waals surface area contributed by atoms with Crippen LogP contribution in [0.5, 0.6) is 0 Å². The molecule has 0 atom stereocenters. The lowest BCUT2D eigenvalue weighted by Crippen LogP contribution is -2.31. The van der Waals surface area contributed by atoms with Crippen LogP contribution >= 0.6 is 0 Å². The highest BCUT2D eigenvalue weighted by Crippen LogP contribution is 2.41. The summed E-state index contributed by atoms with van der Waals surface area (Å²) in [5.74, 6) is 0.500. The molecule has 0 amide bonds. The van der Waals surface area contributed by atoms with Crippen LogP contribution < -0.4 is 18.3 Å². The van der Waals surface area contributed by atoms with Crippen LogP contribution in [0.3, 0.4) is 0 Å². The van der Waals surface area contributed by atoms with Crippen LogP contribution in [0, 0.1) is 48.5 Å². The van der Waals surface area contributed by atoms with Gasteiger partial charge in [-0.15, -0.1) is 0 Å². The quantitative estimate of drug-likeness (QED) is 0.161. The van der Waals surface area contributed by atoms with E-state index in [9.17, 15) is 0 Å². The minimum Gasteiger partial charge on any atom is -0.455 e. The number of benzene rings is 8. The highest BCUT2D eigenvalue weighted by molar-refractivity contribution is 6.13. The highest BCUT2D eigenvalue weighted by atomic mass is 16.3. The molecule has 8 aromatic carbocycles. The second kappa shape index (κ2) is 23.9. The van der Waals surface area contributed by atoms with Crippen molar-refractivity contribution in [3.05, 3.63) is 263 Å². The number of furan rings is 4. The molecule has 0 aliphatic heterocycles. The number of aryl methyl sites for hydroxylation is 11. The standard InChI is InChI=1S/C22H22NO.C21H20NO.C20H18NO.C19H16NO/c1-14(2)16-11-12-23(4)19(13-16)21-15(3)9-10-18-17-7-5-6-8-20(17)24-22(18)21;1-13-9-10-17-16-7-5-6-8-19(16)23-21(17)20(13)18-11-14(2)15(3)12-22(18)4;1-13-8-11-17(21(3)12-13)19-14(2)9-10-16-15-6-4-5-7-18(15)22-20(16)19;1-13-10-11-15-14-7-3-4-9-17(14)21-19(15)18(13)16-8-5-6-12-20(16)2/h5-14H,1-4H3;5-12H,1-4H3;4-12H,1-3H3;3-12H,1-2H3/q4*+1. The first-order valence-corrected chi connectivity index (χ1v) is 31.0. The van der Waals surface area contributed by atoms with E-state index in [1.807, 2.05) is 54.6 Å². The van der Waals surface area contributed by atoms with Crippen molar-refractivity contribution in [3.63, 3.8) is 0 Å². The van der Waals surface area contributed by atoms with Gasteiger partial charge in [-0.05, 0) is 124 Å². The fraction of sp³-hybridized carbons (Fsp3) is 0.171. The maximum atomic E-state index is 6.26. The number of hydrogen-bond acceptors (Lipinski definition) is 4. The van der Waals surface area contributed by atoms with E-state index in [1.54, 1.807) is 0 Å². The largest absolute Gasteiger partial charge is 0.455 e. The van der Waals surface area contributed by atoms with Gasteiger partial charge in [-0.25, -0.2) is 18.3 Å². The van der Waals surface area contributed by atoms with Gasteiger partial charge in [-0.1, -0.05) is 135 Å². The first kappa shape index (κ1) is 58.6. The first-order chi connectivity index (χ1) is 43.5. The predicted molar refractivity (Wildman–Crippen MR) is 369 cm³/mol. The predicted octanol–water partition coefficient (Wildman–Crippen LogP) is 19.6. The van der Waals surface area contributed by atoms with Gasteiger partial charge in [0.2, 0.25) is 22.8 Å². The fourth-order valence-corrected chi connectivity index (χ4v) is 12.9. The van der Waals surface area contributed by atoms with Crippen LogP contribution in [0.2, 0.25) is 0 Å². The van der Waals surface area contributed by atoms with Gasteiger partial charge >= 0.3 is 0 Å². The monoisotopic (exact) mass is 1180 g/mol. The Bertz CT molecular complexity index is 5440. The minimum atomic E-state index is 0.500. The highest BCUT2D eigenvalue weighted by Gasteiger charge is 2.25. The van der Waals surface area contributed by atoms with E-state index < -0.39 is 0 Å². The topological polar surface area (TPSA) is 68.1 Å². The summed E-state index contributed by atoms with van der Waals surface area (Å²) >= 11 is 0. The van der Waals surface area contributed by atoms with Crippen molar-refractivity contribution in [2.45, 2.75) is 68.2 Å². The molecule has 0 N–H and O–H groups in total. The minimum absolute atomic E-state index is 0.500. The van der Waals surface area contributed by atoms with Gasteiger partial charge in [0.05, 0.1) is 22.3 Å². The lowest BCUT2D eigenvalue weighted by molar-refractivity contribution is -0.660. The maximum absolute atomic E-state index is 6.26. The molecule has 16 rings (SSSR count). The van der Waals surface area contributed by atoms with Crippen LogP contribution in [-0.4, -0.2) is 0 Å². The van der Waals surface area contributed by atoms with Gasteiger partial charge in [0, 0.05) is 90.6 Å². The van der Waals surface area contributed by atoms with Gasteiger partial charge in [-0.3, -0.25) is 0 Å². The van der Waals surface area contributed by atoms with Crippen molar-refractivity contribution in [2.75, 3.05) is 0 Å². The zero-order chi connectivity index (χ0) is 62.6. The normalized spacial score (nSPS) is 11.5. The van der Waals surface area contributed by atoms with Crippen molar-refractivity contribution in [2.24, 2.45) is 28.2 Å². The third-order valence-electron chi connectivity index (χ3n) is 18.0. The number of rotatable bonds is 5. The molecule has 0 radical (unpaired) electrons. The molecular formula is C82H76N4O4+4. The van der Waals surface area contributed by atoms with Crippen LogP contribution in [-0.2, 0) is 28.2 Å². The van der Waals surface area contributed by atoms with E-state index in [-0.39, 0.29) is 0 Å². The van der Waals surface area contributed by atoms with E-state index in [4.69, 9.17) is 17.7 Å². The number of nitrogens with zero attached hydrogens (tertiary/aromatic N) is 4. The molecule has 0 aliphatic carbocycles. The summed E-state index contributed by atoms with van der Waals surface area (Å²) in [4.78, 5) is 0. The molecule has 0 unspecified atom stereocenters. The molecule has 0 saturated heterocycles. The molecule has 8 heterocycles. The molecule has 0 aliphatic rings. The molecule has 444 valence electrons. The number of hydrogen-bond donors (Lipinski definition) is 0. The summed E-state index contributed by atoms with van der Waals surface area (Å²) < 4.78 is 33.5. The van der Waals surface area contributed by atoms with Crippen LogP contribution in [0.4, 0.5) is 0 Å². The summed E-state index contributed by atoms with van der Waals surface area (Å²) in [6.45, 7) is 19.5. The average Bonchev–Trinajstić information content (AvgIpc) is 1.62. The van der Waals surface area contributed by atoms with E-state index in [0.717, 1.165) is 44.7 Å². The SMILES string of the molecule is Cc1cc(-c2c(C)ccc3c2oc2ccccc23)[n+](C)cc1C.Cc1ccc(-c2c(C)ccc3c2oc2ccccc23)[n+](C)c1.Cc1ccc2c(oc3ccccc32)c1-c1cc(C(C)C)cc[n+]1C.Cc1ccc2c(oc3ccccc32)c1-c1cccc[n+]1C. The number of aromatic nitrogens is 4. The molecule has 0 spiro atoms. The Hall–Kier alpha value is -10.4. The van der Waals surface area contributed by atoms with Gasteiger partial charge in [0.15, 0.2) is 24.8 Å². The fourth-order valence-electron chi connectivity index (χ4n) is 12.9. The Morgan fingerprint density at radius 2 is 0.633 bits per heavy atom. The summed E-state index contributed by atoms with van der Waals surface area (Å²) in [6, 6.07) is 67.6. The maximum Gasteiger partial charge on any atom is 0.216 e. The van der Waals surface area contributed by atoms with E-state index in [2.05, 4.69) is 273 Å². The summed E-state index contributed by atoms with van der Waals surface area (Å²) in [5, 5.41) is 9.42. The molecule has 0 bridgehead atoms. The first-order valence-electron chi connectivity index (χ1n) is 31.0. The molecule has 0 saturated carbocycles. The lowest BCUT2D eigenvalue weighted by Gasteiger charge is -2.09. The van der Waals surface area contributed by atoms with Crippen molar-refractivity contribution >= 4 is 87.8 Å². The molecule has 0 fully saturated rings. The summed E-state index contributed by atoms with van der Waals surface area (Å²) in [5.41, 5.74) is 27.2. The molecule has 16 aromatic rings. The Balaban J connectivity index is 0.000000110. The molecule has 90 heavy (non-hydrogen) atoms. The average molecular weight is 1180 g/mol. The summed E-state index contributed by atoms with van der Waals surface area (Å²) in [7, 11) is 8.35. The van der Waals surface area contributed by atoms with Crippen molar-refractivity contribution in [1.29, 1.82) is 0 Å². The zero-order valence-electron chi connectivity index (χ0n) is 53.8. The summed E-state index contributed by atoms with van der Waals surface area (Å²) in [6.07, 6.45) is 8.55. The number of fused-ring (bicyclic) bond motifs is 12. The second-order valence-electron chi connectivity index (χ2n) is 24.6. The molecule has 8 nitrogen and oxygen atoms in total. The second-order valence-corrected chi connectivity index (χ2v) is 24.6. The van der Waals surface area contributed by atoms with Gasteiger partial charge in [0.1, 0.15) is 72.9 Å². The van der Waals surface area contributed by atoms with E-state index in [1.165, 1.54) is 133 Å². The Kier molecular flexibility index (Phi) is 15.6. The molecule has 8 aromatic heterocycles. The van der Waals surface area contributed by atoms with Gasteiger partial charge < -0.3 is 17.7 Å². The number of para-hydroxylation sites is 4. The van der Waals surface area contributed by atoms with Gasteiger partial charge in [-0.2, -0.15) is 0 Å². The van der Waals surface area contributed by atoms with Crippen molar-refractivity contribution in [1.82, 2.24) is 0 Å². The van der Waals surface area contributed by atoms with E-state index >= 15 is 0 Å². The zero-order valence-corrected chi connectivity index (χ0v) is 53.8. The Labute approximate surface area is 525 Å². The molecule has 8 heteroatoms. The van der Waals surface area contributed by atoms with Gasteiger partial charge in [0.25, 0.3) is 0 Å². The Morgan fingerprint density at radius 3 is 1.03 bits per heavy atom. The number of pyridine rings is 4. The third-order valence-corrected chi connectivity index (χ3v) is 18.0. The molecular weight excluding hydrogens is 1100 g/mol. The van der Waals surface area contributed by atoms with Crippen LogP contribution in [0.15, 0.2) is 237 Å². The lowest BCUT2D eigenvalue weighted by atomic mass is 9.97.